The summed E-state index contributed by atoms with van der Waals surface area (Å²) in [5.41, 5.74) is 3.98. The van der Waals surface area contributed by atoms with Crippen LogP contribution in [-0.2, 0) is 19.1 Å². The molecule has 3 atom stereocenters. The van der Waals surface area contributed by atoms with Crippen LogP contribution in [0.25, 0.3) is 28.2 Å². The summed E-state index contributed by atoms with van der Waals surface area (Å²) in [7, 11) is 1.30. The smallest absolute Gasteiger partial charge is 0.408 e. The van der Waals surface area contributed by atoms with Crippen molar-refractivity contribution in [3.63, 3.8) is 0 Å². The average Bonchev–Trinajstić information content (AvgIpc) is 3.55. The number of esters is 1. The maximum absolute atomic E-state index is 14.1. The fourth-order valence-electron chi connectivity index (χ4n) is 5.93. The Labute approximate surface area is 283 Å². The number of nitrogens with one attached hydrogen (secondary N) is 1. The molecule has 2 aromatic carbocycles. The van der Waals surface area contributed by atoms with Gasteiger partial charge in [-0.3, -0.25) is 4.79 Å². The van der Waals surface area contributed by atoms with Gasteiger partial charge in [-0.25, -0.2) is 14.6 Å². The number of ether oxygens (including phenoxy) is 3. The molecule has 9 heteroatoms. The van der Waals surface area contributed by atoms with Crippen LogP contribution < -0.4 is 10.1 Å². The number of benzene rings is 2. The molecule has 4 rings (SSSR count). The second-order valence-electron chi connectivity index (χ2n) is 12.1. The van der Waals surface area contributed by atoms with Crippen molar-refractivity contribution in [2.45, 2.75) is 64.0 Å². The van der Waals surface area contributed by atoms with Crippen molar-refractivity contribution in [2.75, 3.05) is 26.9 Å². The highest BCUT2D eigenvalue weighted by Gasteiger charge is 2.43. The Kier molecular flexibility index (Phi) is 13.4. The number of pyridine rings is 1. The Morgan fingerprint density at radius 2 is 1.88 bits per heavy atom. The van der Waals surface area contributed by atoms with Gasteiger partial charge in [-0.2, -0.15) is 0 Å². The first-order valence-electron chi connectivity index (χ1n) is 16.6. The van der Waals surface area contributed by atoms with E-state index >= 15 is 0 Å². The molecular weight excluding hydrogens is 606 g/mol. The molecule has 1 N–H and O–H groups in total. The third-order valence-corrected chi connectivity index (χ3v) is 8.49. The third kappa shape index (κ3) is 9.33. The van der Waals surface area contributed by atoms with Gasteiger partial charge in [0.15, 0.2) is 0 Å². The number of hydrogen-bond donors (Lipinski definition) is 1. The number of nitrogens with zero attached hydrogens (tertiary/aromatic N) is 2. The molecule has 0 spiro atoms. The molecule has 2 heterocycles. The highest BCUT2D eigenvalue weighted by atomic mass is 16.5. The molecule has 9 nitrogen and oxygen atoms in total. The number of allylic oxidation sites excluding steroid dienone is 1. The molecule has 48 heavy (non-hydrogen) atoms. The summed E-state index contributed by atoms with van der Waals surface area (Å²) < 4.78 is 17.0. The lowest BCUT2D eigenvalue weighted by molar-refractivity contribution is -0.151. The molecule has 2 amide bonds. The summed E-state index contributed by atoms with van der Waals surface area (Å²) in [4.78, 5) is 46.1. The first-order chi connectivity index (χ1) is 23.3. The van der Waals surface area contributed by atoms with E-state index in [0.717, 1.165) is 53.4 Å². The number of likely N-dealkylation sites (tertiary alicyclic amines) is 1. The van der Waals surface area contributed by atoms with E-state index in [1.165, 1.54) is 12.0 Å². The molecule has 0 bridgehead atoms. The average molecular weight is 654 g/mol. The van der Waals surface area contributed by atoms with Gasteiger partial charge in [-0.15, -0.1) is 6.58 Å². The first-order valence-corrected chi connectivity index (χ1v) is 16.6. The second kappa shape index (κ2) is 17.8. The predicted molar refractivity (Wildman–Crippen MR) is 189 cm³/mol. The van der Waals surface area contributed by atoms with E-state index in [1.54, 1.807) is 6.08 Å². The van der Waals surface area contributed by atoms with Crippen LogP contribution in [0.5, 0.6) is 5.75 Å². The Morgan fingerprint density at radius 1 is 1.08 bits per heavy atom. The van der Waals surface area contributed by atoms with Crippen molar-refractivity contribution in [3.05, 3.63) is 91.5 Å². The fraction of sp³-hybridized carbons (Fsp3) is 0.385. The maximum atomic E-state index is 14.1. The van der Waals surface area contributed by atoms with Gasteiger partial charge >= 0.3 is 12.1 Å². The number of amides is 2. The normalized spacial score (nSPS) is 16.2. The van der Waals surface area contributed by atoms with Gasteiger partial charge in [0, 0.05) is 29.5 Å². The molecular formula is C39H47N3O6. The van der Waals surface area contributed by atoms with Crippen molar-refractivity contribution < 1.29 is 28.6 Å². The zero-order valence-corrected chi connectivity index (χ0v) is 28.1. The lowest BCUT2D eigenvalue weighted by atomic mass is 10.0. The lowest BCUT2D eigenvalue weighted by Gasteiger charge is -2.29. The van der Waals surface area contributed by atoms with Crippen LogP contribution in [0.3, 0.4) is 0 Å². The van der Waals surface area contributed by atoms with Crippen molar-refractivity contribution in [3.8, 4) is 17.0 Å². The minimum Gasteiger partial charge on any atom is -0.492 e. The summed E-state index contributed by atoms with van der Waals surface area (Å²) in [5, 5.41) is 3.55. The Balaban J connectivity index is 1.52. The molecule has 1 aliphatic heterocycles. The molecule has 1 aromatic heterocycles. The van der Waals surface area contributed by atoms with Crippen LogP contribution in [0.4, 0.5) is 4.79 Å². The van der Waals surface area contributed by atoms with Gasteiger partial charge in [-0.1, -0.05) is 75.1 Å². The molecule has 0 aliphatic carbocycles. The second-order valence-corrected chi connectivity index (χ2v) is 12.1. The monoisotopic (exact) mass is 653 g/mol. The highest BCUT2D eigenvalue weighted by Crippen LogP contribution is 2.33. The van der Waals surface area contributed by atoms with Crippen LogP contribution >= 0.6 is 0 Å². The third-order valence-electron chi connectivity index (χ3n) is 8.49. The first kappa shape index (κ1) is 35.9. The van der Waals surface area contributed by atoms with Gasteiger partial charge in [0.05, 0.1) is 31.5 Å². The van der Waals surface area contributed by atoms with Crippen LogP contribution in [0, 0.1) is 5.92 Å². The molecule has 1 saturated heterocycles. The summed E-state index contributed by atoms with van der Waals surface area (Å²) >= 11 is 0. The van der Waals surface area contributed by atoms with Gasteiger partial charge < -0.3 is 24.4 Å². The van der Waals surface area contributed by atoms with Crippen LogP contribution in [0.2, 0.25) is 0 Å². The molecule has 254 valence electrons. The van der Waals surface area contributed by atoms with Crippen LogP contribution in [0.15, 0.2) is 86.0 Å². The summed E-state index contributed by atoms with van der Waals surface area (Å²) in [6.45, 7) is 14.4. The number of methoxy groups -OCH3 is 1. The minimum atomic E-state index is -1.04. The predicted octanol–water partition coefficient (Wildman–Crippen LogP) is 7.51. The summed E-state index contributed by atoms with van der Waals surface area (Å²) in [5.74, 6) is -0.494. The topological polar surface area (TPSA) is 107 Å². The zero-order chi connectivity index (χ0) is 34.5. The Hall–Kier alpha value is -4.92. The zero-order valence-electron chi connectivity index (χ0n) is 28.1. The summed E-state index contributed by atoms with van der Waals surface area (Å²) in [6, 6.07) is 15.8. The number of hydrogen-bond acceptors (Lipinski definition) is 7. The van der Waals surface area contributed by atoms with Crippen molar-refractivity contribution >= 4 is 34.9 Å². The highest BCUT2D eigenvalue weighted by molar-refractivity contribution is 5.92. The molecule has 0 unspecified atom stereocenters. The maximum Gasteiger partial charge on any atom is 0.408 e. The van der Waals surface area contributed by atoms with Crippen molar-refractivity contribution in [1.29, 1.82) is 0 Å². The standard InChI is InChI=1S/C39H47N3O6/c1-6-9-10-11-15-21-47-39(45)41-36(27(4)16-7-2)37(43)42-25-29(23-34(42)38(44)46-5)26-48-35-24-33(30-17-13-12-14-18-30)40-32-20-19-28(8-3)22-31(32)35/h6,8,12-14,17-20,22,24,29,34,36H,1,3-4,7,9-11,15-16,21,23,25-26H2,2,5H3,(H,41,45)/t29-,34+,36-/m0/s1. The number of rotatable bonds is 17. The van der Waals surface area contributed by atoms with Gasteiger partial charge in [0.2, 0.25) is 5.91 Å². The van der Waals surface area contributed by atoms with Crippen LogP contribution in [0.1, 0.15) is 57.4 Å². The number of unbranched alkanes of at least 4 members (excludes halogenated alkanes) is 3. The van der Waals surface area contributed by atoms with Gasteiger partial charge in [0.25, 0.3) is 0 Å². The summed E-state index contributed by atoms with van der Waals surface area (Å²) in [6.07, 6.45) is 8.03. The minimum absolute atomic E-state index is 0.188. The lowest BCUT2D eigenvalue weighted by Crippen LogP contribution is -2.52. The SMILES string of the molecule is C=CCCCCCOC(=O)N[C@@H](C(=C)CCC)C(=O)N1C[C@@H](COc2cc(-c3ccccc3)nc3ccc(C=C)cc23)C[C@@H]1C(=O)OC. The van der Waals surface area contributed by atoms with E-state index in [0.29, 0.717) is 30.6 Å². The molecule has 1 aliphatic rings. The van der Waals surface area contributed by atoms with E-state index in [2.05, 4.69) is 25.1 Å². The largest absolute Gasteiger partial charge is 0.492 e. The molecule has 0 radical (unpaired) electrons. The molecule has 0 saturated carbocycles. The van der Waals surface area contributed by atoms with Crippen molar-refractivity contribution in [1.82, 2.24) is 15.2 Å². The van der Waals surface area contributed by atoms with Crippen molar-refractivity contribution in [2.24, 2.45) is 5.92 Å². The van der Waals surface area contributed by atoms with Gasteiger partial charge in [-0.05, 0) is 61.8 Å². The van der Waals surface area contributed by atoms with E-state index in [4.69, 9.17) is 19.2 Å². The van der Waals surface area contributed by atoms with Crippen LogP contribution in [-0.4, -0.2) is 66.8 Å². The van der Waals surface area contributed by atoms with Gasteiger partial charge in [0.1, 0.15) is 17.8 Å². The van der Waals surface area contributed by atoms with E-state index in [-0.39, 0.29) is 25.7 Å². The Morgan fingerprint density at radius 3 is 2.58 bits per heavy atom. The Bertz CT molecular complexity index is 1600. The number of alkyl carbamates (subject to hydrolysis) is 1. The number of fused-ring (bicyclic) bond motifs is 1. The number of carbonyl (C=O) groups excluding carboxylic acids is 3. The van der Waals surface area contributed by atoms with E-state index in [1.807, 2.05) is 67.6 Å². The quantitative estimate of drug-likeness (QED) is 0.0913. The fourth-order valence-corrected chi connectivity index (χ4v) is 5.93. The van der Waals surface area contributed by atoms with E-state index in [9.17, 15) is 14.4 Å². The number of aromatic nitrogens is 1. The van der Waals surface area contributed by atoms with E-state index < -0.39 is 30.1 Å². The number of carbonyl (C=O) groups is 3. The molecule has 1 fully saturated rings. The molecule has 3 aromatic rings.